The van der Waals surface area contributed by atoms with Crippen molar-refractivity contribution in [3.63, 3.8) is 0 Å². The summed E-state index contributed by atoms with van der Waals surface area (Å²) in [7, 11) is 0. The molecule has 5 rings (SSSR count). The Kier molecular flexibility index (Phi) is 4.06. The minimum Gasteiger partial charge on any atom is -0.488 e. The van der Waals surface area contributed by atoms with Crippen LogP contribution in [0.2, 0.25) is 0 Å². The van der Waals surface area contributed by atoms with Gasteiger partial charge in [-0.3, -0.25) is 9.78 Å². The lowest BCUT2D eigenvalue weighted by atomic mass is 9.96. The second-order valence-electron chi connectivity index (χ2n) is 6.40. The topological polar surface area (TPSA) is 57.0 Å². The molecule has 0 atom stereocenters. The number of ether oxygens (including phenoxy) is 1. The summed E-state index contributed by atoms with van der Waals surface area (Å²) in [6.45, 7) is 0.287. The van der Waals surface area contributed by atoms with Gasteiger partial charge in [-0.15, -0.1) is 0 Å². The molecule has 28 heavy (non-hydrogen) atoms. The van der Waals surface area contributed by atoms with Gasteiger partial charge in [0.15, 0.2) is 0 Å². The van der Waals surface area contributed by atoms with Crippen molar-refractivity contribution < 1.29 is 4.74 Å². The second-order valence-corrected chi connectivity index (χ2v) is 7.25. The van der Waals surface area contributed by atoms with Crippen LogP contribution in [0.15, 0.2) is 82.3 Å². The van der Waals surface area contributed by atoms with E-state index in [0.29, 0.717) is 11.3 Å². The van der Waals surface area contributed by atoms with Crippen molar-refractivity contribution in [1.82, 2.24) is 14.8 Å². The number of aromatic nitrogens is 3. The molecule has 0 spiro atoms. The quantitative estimate of drug-likeness (QED) is 0.464. The molecule has 2 aromatic carbocycles. The molecule has 0 bridgehead atoms. The van der Waals surface area contributed by atoms with E-state index in [1.165, 1.54) is 4.68 Å². The molecule has 1 aliphatic rings. The van der Waals surface area contributed by atoms with E-state index in [1.807, 2.05) is 60.7 Å². The van der Waals surface area contributed by atoms with Gasteiger partial charge in [-0.1, -0.05) is 30.3 Å². The highest BCUT2D eigenvalue weighted by atomic mass is 79.9. The number of para-hydroxylation sites is 2. The molecule has 136 valence electrons. The molecule has 0 unspecified atom stereocenters. The number of nitrogens with zero attached hydrogens (tertiary/aromatic N) is 3. The largest absolute Gasteiger partial charge is 0.488 e. The van der Waals surface area contributed by atoms with Gasteiger partial charge in [-0.05, 0) is 46.3 Å². The smallest absolute Gasteiger partial charge is 0.279 e. The zero-order valence-electron chi connectivity index (χ0n) is 14.7. The van der Waals surface area contributed by atoms with Crippen LogP contribution in [0, 0.1) is 0 Å². The van der Waals surface area contributed by atoms with Crippen LogP contribution in [0.4, 0.5) is 0 Å². The zero-order valence-corrected chi connectivity index (χ0v) is 16.3. The van der Waals surface area contributed by atoms with Crippen molar-refractivity contribution in [2.75, 3.05) is 0 Å². The van der Waals surface area contributed by atoms with Gasteiger partial charge in [0.05, 0.1) is 11.3 Å². The second kappa shape index (κ2) is 6.73. The molecular formula is C22H14BrN3O2. The van der Waals surface area contributed by atoms with E-state index in [9.17, 15) is 4.79 Å². The van der Waals surface area contributed by atoms with Gasteiger partial charge < -0.3 is 4.74 Å². The Hall–Kier alpha value is -3.25. The summed E-state index contributed by atoms with van der Waals surface area (Å²) in [5.41, 5.74) is 4.18. The van der Waals surface area contributed by atoms with Crippen LogP contribution in [-0.4, -0.2) is 14.8 Å². The van der Waals surface area contributed by atoms with E-state index in [0.717, 1.165) is 32.6 Å². The zero-order chi connectivity index (χ0) is 19.1. The lowest BCUT2D eigenvalue weighted by Gasteiger charge is -2.23. The van der Waals surface area contributed by atoms with Crippen molar-refractivity contribution in [2.45, 2.75) is 6.61 Å². The Balaban J connectivity index is 1.89. The first kappa shape index (κ1) is 16.9. The summed E-state index contributed by atoms with van der Waals surface area (Å²) < 4.78 is 8.16. The highest BCUT2D eigenvalue weighted by Gasteiger charge is 2.26. The number of rotatable bonds is 2. The molecule has 0 saturated carbocycles. The van der Waals surface area contributed by atoms with Gasteiger partial charge in [-0.25, -0.2) is 0 Å². The maximum Gasteiger partial charge on any atom is 0.279 e. The molecule has 0 N–H and O–H groups in total. The van der Waals surface area contributed by atoms with Crippen LogP contribution in [0.25, 0.3) is 28.1 Å². The molecule has 0 saturated heterocycles. The maximum absolute atomic E-state index is 13.5. The monoisotopic (exact) mass is 431 g/mol. The fraction of sp³-hybridized carbons (Fsp3) is 0.0455. The third-order valence-electron chi connectivity index (χ3n) is 4.74. The Morgan fingerprint density at radius 3 is 2.64 bits per heavy atom. The van der Waals surface area contributed by atoms with Crippen molar-refractivity contribution in [2.24, 2.45) is 0 Å². The summed E-state index contributed by atoms with van der Waals surface area (Å²) in [5, 5.41) is 4.75. The average Bonchev–Trinajstić information content (AvgIpc) is 2.74. The van der Waals surface area contributed by atoms with E-state index < -0.39 is 0 Å². The molecule has 0 amide bonds. The highest BCUT2D eigenvalue weighted by Crippen LogP contribution is 2.39. The van der Waals surface area contributed by atoms with Crippen LogP contribution in [0.1, 0.15) is 5.56 Å². The van der Waals surface area contributed by atoms with Crippen molar-refractivity contribution >= 4 is 15.9 Å². The van der Waals surface area contributed by atoms with E-state index in [4.69, 9.17) is 9.84 Å². The number of hydrogen-bond acceptors (Lipinski definition) is 4. The maximum atomic E-state index is 13.5. The lowest BCUT2D eigenvalue weighted by Crippen LogP contribution is -2.27. The van der Waals surface area contributed by atoms with Crippen molar-refractivity contribution in [3.8, 4) is 33.8 Å². The first-order valence-electron chi connectivity index (χ1n) is 8.78. The lowest BCUT2D eigenvalue weighted by molar-refractivity contribution is 0.301. The molecule has 6 heteroatoms. The number of pyridine rings is 1. The molecule has 3 heterocycles. The standard InChI is InChI=1S/C22H14BrN3O2/c23-17-8-2-3-9-18(17)26-22(27)20(14-6-5-11-24-12-14)16-13-28-19-10-4-1-7-15(19)21(16)25-26/h1-12H,13H2. The molecule has 0 aliphatic carbocycles. The number of fused-ring (bicyclic) bond motifs is 3. The highest BCUT2D eigenvalue weighted by molar-refractivity contribution is 9.10. The van der Waals surface area contributed by atoms with Gasteiger partial charge in [0.1, 0.15) is 18.1 Å². The third-order valence-corrected chi connectivity index (χ3v) is 5.41. The summed E-state index contributed by atoms with van der Waals surface area (Å²) >= 11 is 3.54. The van der Waals surface area contributed by atoms with Crippen molar-refractivity contribution in [3.05, 3.63) is 93.4 Å². The normalized spacial score (nSPS) is 12.0. The summed E-state index contributed by atoms with van der Waals surface area (Å²) in [4.78, 5) is 17.7. The Morgan fingerprint density at radius 1 is 1.00 bits per heavy atom. The molecular weight excluding hydrogens is 418 g/mol. The number of halogens is 1. The molecule has 1 aliphatic heterocycles. The van der Waals surface area contributed by atoms with Crippen LogP contribution in [0.3, 0.4) is 0 Å². The van der Waals surface area contributed by atoms with E-state index in [2.05, 4.69) is 20.9 Å². The van der Waals surface area contributed by atoms with E-state index in [1.54, 1.807) is 12.4 Å². The molecule has 0 radical (unpaired) electrons. The Morgan fingerprint density at radius 2 is 1.82 bits per heavy atom. The SMILES string of the molecule is O=c1c(-c2cccnc2)c2c(nn1-c1ccccc1Br)-c1ccccc1OC2. The first-order valence-corrected chi connectivity index (χ1v) is 9.57. The summed E-state index contributed by atoms with van der Waals surface area (Å²) in [5.74, 6) is 0.761. The van der Waals surface area contributed by atoms with Gasteiger partial charge in [0.2, 0.25) is 0 Å². The third kappa shape index (κ3) is 2.65. The predicted octanol–water partition coefficient (Wildman–Crippen LogP) is 4.62. The number of benzene rings is 2. The molecule has 2 aromatic heterocycles. The Labute approximate surface area is 169 Å². The van der Waals surface area contributed by atoms with Gasteiger partial charge in [-0.2, -0.15) is 9.78 Å². The minimum atomic E-state index is -0.207. The number of hydrogen-bond donors (Lipinski definition) is 0. The fourth-order valence-electron chi connectivity index (χ4n) is 3.45. The Bertz CT molecular complexity index is 1250. The van der Waals surface area contributed by atoms with Gasteiger partial charge in [0.25, 0.3) is 5.56 Å². The van der Waals surface area contributed by atoms with Crippen LogP contribution >= 0.6 is 15.9 Å². The van der Waals surface area contributed by atoms with Crippen LogP contribution in [0.5, 0.6) is 5.75 Å². The van der Waals surface area contributed by atoms with E-state index in [-0.39, 0.29) is 12.2 Å². The molecule has 5 nitrogen and oxygen atoms in total. The summed E-state index contributed by atoms with van der Waals surface area (Å²) in [6, 6.07) is 19.0. The average molecular weight is 432 g/mol. The first-order chi connectivity index (χ1) is 13.7. The van der Waals surface area contributed by atoms with Crippen molar-refractivity contribution in [1.29, 1.82) is 0 Å². The van der Waals surface area contributed by atoms with E-state index >= 15 is 0 Å². The fourth-order valence-corrected chi connectivity index (χ4v) is 3.90. The van der Waals surface area contributed by atoms with Gasteiger partial charge >= 0.3 is 0 Å². The van der Waals surface area contributed by atoms with Gasteiger partial charge in [0, 0.05) is 33.6 Å². The molecule has 0 fully saturated rings. The summed E-state index contributed by atoms with van der Waals surface area (Å²) in [6.07, 6.45) is 3.39. The van der Waals surface area contributed by atoms with Crippen LogP contribution < -0.4 is 10.3 Å². The minimum absolute atomic E-state index is 0.207. The van der Waals surface area contributed by atoms with Crippen LogP contribution in [-0.2, 0) is 6.61 Å². The predicted molar refractivity (Wildman–Crippen MR) is 111 cm³/mol. The molecule has 4 aromatic rings.